The Morgan fingerprint density at radius 1 is 1.19 bits per heavy atom. The second-order valence-electron chi connectivity index (χ2n) is 3.56. The molecule has 0 aliphatic carbocycles. The number of aromatic hydroxyl groups is 2. The van der Waals surface area contributed by atoms with Crippen molar-refractivity contribution in [3.63, 3.8) is 0 Å². The van der Waals surface area contributed by atoms with Gasteiger partial charge >= 0.3 is 0 Å². The molecule has 0 unspecified atom stereocenters. The summed E-state index contributed by atoms with van der Waals surface area (Å²) in [6.07, 6.45) is 2.56. The molecule has 0 aromatic heterocycles. The number of hydrogen-bond acceptors (Lipinski definition) is 4. The van der Waals surface area contributed by atoms with Crippen LogP contribution in [0.4, 0.5) is 0 Å². The van der Waals surface area contributed by atoms with Gasteiger partial charge in [-0.3, -0.25) is 0 Å². The van der Waals surface area contributed by atoms with Crippen LogP contribution in [0.1, 0.15) is 25.3 Å². The third kappa shape index (κ3) is 2.32. The number of ether oxygens (including phenoxy) is 2. The summed E-state index contributed by atoms with van der Waals surface area (Å²) in [5.74, 6) is 0.630. The Labute approximate surface area is 95.4 Å². The highest BCUT2D eigenvalue weighted by Crippen LogP contribution is 2.43. The first-order valence-electron chi connectivity index (χ1n) is 5.31. The van der Waals surface area contributed by atoms with Gasteiger partial charge in [-0.25, -0.2) is 0 Å². The van der Waals surface area contributed by atoms with E-state index in [0.29, 0.717) is 23.5 Å². The monoisotopic (exact) mass is 226 g/mol. The van der Waals surface area contributed by atoms with E-state index in [1.807, 2.05) is 0 Å². The van der Waals surface area contributed by atoms with Crippen molar-refractivity contribution in [1.82, 2.24) is 0 Å². The second kappa shape index (κ2) is 5.49. The fraction of sp³-hybridized carbons (Fsp3) is 0.500. The molecule has 0 spiro atoms. The smallest absolute Gasteiger partial charge is 0.167 e. The molecule has 16 heavy (non-hydrogen) atoms. The number of rotatable bonds is 5. The Hall–Kier alpha value is -1.58. The molecule has 1 rings (SSSR count). The minimum absolute atomic E-state index is 0.119. The first-order chi connectivity index (χ1) is 7.65. The van der Waals surface area contributed by atoms with Crippen LogP contribution in [0.2, 0.25) is 0 Å². The minimum atomic E-state index is -0.177. The average molecular weight is 226 g/mol. The van der Waals surface area contributed by atoms with E-state index >= 15 is 0 Å². The summed E-state index contributed by atoms with van der Waals surface area (Å²) in [7, 11) is 3.02. The number of benzene rings is 1. The highest BCUT2D eigenvalue weighted by Gasteiger charge is 2.18. The van der Waals surface area contributed by atoms with E-state index in [9.17, 15) is 10.2 Å². The zero-order valence-corrected chi connectivity index (χ0v) is 9.91. The standard InChI is InChI=1S/C12H18O4/c1-4-5-6-8-11(14)9(13)7-10(15-2)12(8)16-3/h7,13-14H,4-6H2,1-3H3. The fourth-order valence-corrected chi connectivity index (χ4v) is 1.63. The Bertz CT molecular complexity index is 361. The summed E-state index contributed by atoms with van der Waals surface area (Å²) in [6.45, 7) is 2.06. The zero-order valence-electron chi connectivity index (χ0n) is 9.91. The summed E-state index contributed by atoms with van der Waals surface area (Å²) >= 11 is 0. The molecule has 0 aliphatic rings. The number of hydrogen-bond donors (Lipinski definition) is 2. The van der Waals surface area contributed by atoms with Crippen molar-refractivity contribution in [2.24, 2.45) is 0 Å². The van der Waals surface area contributed by atoms with Crippen LogP contribution in [0.3, 0.4) is 0 Å². The number of phenols is 2. The molecule has 0 fully saturated rings. The third-order valence-electron chi connectivity index (χ3n) is 2.50. The lowest BCUT2D eigenvalue weighted by Gasteiger charge is -2.15. The summed E-state index contributed by atoms with van der Waals surface area (Å²) in [5, 5.41) is 19.3. The molecule has 0 heterocycles. The topological polar surface area (TPSA) is 58.9 Å². The predicted molar refractivity (Wildman–Crippen MR) is 61.5 cm³/mol. The summed E-state index contributed by atoms with van der Waals surface area (Å²) in [6, 6.07) is 1.35. The number of unbranched alkanes of at least 4 members (excludes halogenated alkanes) is 1. The van der Waals surface area contributed by atoms with Crippen LogP contribution < -0.4 is 9.47 Å². The Kier molecular flexibility index (Phi) is 4.28. The van der Waals surface area contributed by atoms with Crippen LogP contribution >= 0.6 is 0 Å². The average Bonchev–Trinajstić information content (AvgIpc) is 2.30. The first kappa shape index (κ1) is 12.5. The lowest BCUT2D eigenvalue weighted by atomic mass is 10.0. The van der Waals surface area contributed by atoms with E-state index in [1.165, 1.54) is 20.3 Å². The van der Waals surface area contributed by atoms with Gasteiger partial charge in [0.25, 0.3) is 0 Å². The molecule has 1 aromatic rings. The van der Waals surface area contributed by atoms with Crippen molar-refractivity contribution in [3.8, 4) is 23.0 Å². The van der Waals surface area contributed by atoms with E-state index in [4.69, 9.17) is 9.47 Å². The molecule has 0 saturated heterocycles. The van der Waals surface area contributed by atoms with Gasteiger partial charge in [0.05, 0.1) is 14.2 Å². The van der Waals surface area contributed by atoms with Gasteiger partial charge in [0.2, 0.25) is 0 Å². The SMILES string of the molecule is CCCCc1c(O)c(O)cc(OC)c1OC. The van der Waals surface area contributed by atoms with E-state index in [0.717, 1.165) is 12.8 Å². The van der Waals surface area contributed by atoms with Gasteiger partial charge in [0.1, 0.15) is 0 Å². The number of phenolic OH excluding ortho intramolecular Hbond substituents is 2. The minimum Gasteiger partial charge on any atom is -0.504 e. The first-order valence-corrected chi connectivity index (χ1v) is 5.31. The van der Waals surface area contributed by atoms with Crippen LogP contribution in [-0.4, -0.2) is 24.4 Å². The van der Waals surface area contributed by atoms with Crippen molar-refractivity contribution in [1.29, 1.82) is 0 Å². The Morgan fingerprint density at radius 2 is 1.88 bits per heavy atom. The van der Waals surface area contributed by atoms with Crippen LogP contribution in [0.15, 0.2) is 6.07 Å². The molecule has 0 bridgehead atoms. The van der Waals surface area contributed by atoms with Crippen molar-refractivity contribution in [2.45, 2.75) is 26.2 Å². The maximum Gasteiger partial charge on any atom is 0.167 e. The third-order valence-corrected chi connectivity index (χ3v) is 2.50. The Balaban J connectivity index is 3.23. The van der Waals surface area contributed by atoms with E-state index in [1.54, 1.807) is 0 Å². The van der Waals surface area contributed by atoms with E-state index in [-0.39, 0.29) is 11.5 Å². The molecule has 90 valence electrons. The molecular formula is C12H18O4. The van der Waals surface area contributed by atoms with Gasteiger partial charge in [-0.15, -0.1) is 0 Å². The predicted octanol–water partition coefficient (Wildman–Crippen LogP) is 2.46. The molecule has 0 saturated carbocycles. The molecule has 0 aliphatic heterocycles. The number of methoxy groups -OCH3 is 2. The van der Waals surface area contributed by atoms with Gasteiger partial charge in [0, 0.05) is 11.6 Å². The van der Waals surface area contributed by atoms with E-state index < -0.39 is 0 Å². The normalized spacial score (nSPS) is 10.2. The van der Waals surface area contributed by atoms with Gasteiger partial charge < -0.3 is 19.7 Å². The molecular weight excluding hydrogens is 208 g/mol. The van der Waals surface area contributed by atoms with Gasteiger partial charge in [-0.2, -0.15) is 0 Å². The summed E-state index contributed by atoms with van der Waals surface area (Å²) in [5.41, 5.74) is 0.598. The van der Waals surface area contributed by atoms with Crippen LogP contribution in [0, 0.1) is 0 Å². The molecule has 4 heteroatoms. The highest BCUT2D eigenvalue weighted by molar-refractivity contribution is 5.60. The Morgan fingerprint density at radius 3 is 2.38 bits per heavy atom. The molecule has 0 amide bonds. The molecule has 1 aromatic carbocycles. The lowest BCUT2D eigenvalue weighted by Crippen LogP contribution is -1.97. The van der Waals surface area contributed by atoms with Crippen LogP contribution in [-0.2, 0) is 6.42 Å². The van der Waals surface area contributed by atoms with Crippen LogP contribution in [0.25, 0.3) is 0 Å². The largest absolute Gasteiger partial charge is 0.504 e. The van der Waals surface area contributed by atoms with Crippen molar-refractivity contribution in [3.05, 3.63) is 11.6 Å². The molecule has 4 nitrogen and oxygen atoms in total. The van der Waals surface area contributed by atoms with Gasteiger partial charge in [-0.1, -0.05) is 13.3 Å². The molecule has 2 N–H and O–H groups in total. The van der Waals surface area contributed by atoms with Crippen LogP contribution in [0.5, 0.6) is 23.0 Å². The van der Waals surface area contributed by atoms with Gasteiger partial charge in [0.15, 0.2) is 23.0 Å². The molecule has 0 radical (unpaired) electrons. The van der Waals surface area contributed by atoms with E-state index in [2.05, 4.69) is 6.92 Å². The van der Waals surface area contributed by atoms with Crippen molar-refractivity contribution >= 4 is 0 Å². The highest BCUT2D eigenvalue weighted by atomic mass is 16.5. The summed E-state index contributed by atoms with van der Waals surface area (Å²) < 4.78 is 10.3. The second-order valence-corrected chi connectivity index (χ2v) is 3.56. The maximum atomic E-state index is 9.77. The van der Waals surface area contributed by atoms with Crippen molar-refractivity contribution in [2.75, 3.05) is 14.2 Å². The lowest BCUT2D eigenvalue weighted by molar-refractivity contribution is 0.336. The molecule has 0 atom stereocenters. The summed E-state index contributed by atoms with van der Waals surface area (Å²) in [4.78, 5) is 0. The maximum absolute atomic E-state index is 9.77. The quantitative estimate of drug-likeness (QED) is 0.757. The fourth-order valence-electron chi connectivity index (χ4n) is 1.63. The zero-order chi connectivity index (χ0) is 12.1. The van der Waals surface area contributed by atoms with Crippen molar-refractivity contribution < 1.29 is 19.7 Å². The van der Waals surface area contributed by atoms with Gasteiger partial charge in [-0.05, 0) is 12.8 Å².